The molecule has 4 heteroatoms. The van der Waals surface area contributed by atoms with Crippen LogP contribution in [0.25, 0.3) is 62.0 Å². The van der Waals surface area contributed by atoms with Crippen LogP contribution in [0, 0.1) is 0 Å². The van der Waals surface area contributed by atoms with Gasteiger partial charge in [0.2, 0.25) is 5.78 Å². The van der Waals surface area contributed by atoms with Crippen LogP contribution in [0.1, 0.15) is 40.1 Å². The van der Waals surface area contributed by atoms with Crippen LogP contribution in [-0.4, -0.2) is 14.0 Å². The molecule has 3 aliphatic carbocycles. The van der Waals surface area contributed by atoms with Crippen molar-refractivity contribution in [3.63, 3.8) is 0 Å². The summed E-state index contributed by atoms with van der Waals surface area (Å²) in [6, 6.07) is 71.6. The number of nitrogens with zero attached hydrogens (tertiary/aromatic N) is 4. The third-order valence-corrected chi connectivity index (χ3v) is 13.2. The lowest BCUT2D eigenvalue weighted by atomic mass is 9.70. The average molecular weight is 767 g/mol. The molecule has 1 spiro atoms. The van der Waals surface area contributed by atoms with E-state index in [0.717, 1.165) is 58.1 Å². The number of hydrogen-bond donors (Lipinski definition) is 0. The minimum atomic E-state index is -0.440. The van der Waals surface area contributed by atoms with Gasteiger partial charge in [0.1, 0.15) is 0 Å². The summed E-state index contributed by atoms with van der Waals surface area (Å²) in [7, 11) is 0. The lowest BCUT2D eigenvalue weighted by molar-refractivity contribution is 0.794. The summed E-state index contributed by atoms with van der Waals surface area (Å²) in [5.41, 5.74) is 21.5. The Morgan fingerprint density at radius 3 is 1.83 bits per heavy atom. The monoisotopic (exact) mass is 766 g/mol. The van der Waals surface area contributed by atoms with Crippen LogP contribution in [0.15, 0.2) is 200 Å². The fraction of sp³-hybridized carbons (Fsp3) is 0.0536. The normalized spacial score (nSPS) is 13.9. The number of imidazole rings is 2. The van der Waals surface area contributed by atoms with Crippen LogP contribution in [0.3, 0.4) is 0 Å². The van der Waals surface area contributed by atoms with Crippen LogP contribution in [0.5, 0.6) is 0 Å². The molecule has 0 bridgehead atoms. The number of anilines is 3. The predicted molar refractivity (Wildman–Crippen MR) is 246 cm³/mol. The molecule has 60 heavy (non-hydrogen) atoms. The molecule has 282 valence electrons. The number of rotatable bonds is 5. The maximum atomic E-state index is 5.27. The van der Waals surface area contributed by atoms with Crippen molar-refractivity contribution in [3.05, 3.63) is 234 Å². The first-order valence-electron chi connectivity index (χ1n) is 21.0. The number of benzene rings is 8. The van der Waals surface area contributed by atoms with Gasteiger partial charge in [0, 0.05) is 22.6 Å². The maximum absolute atomic E-state index is 5.27. The SMILES string of the molecule is C1=Cc2nc3n(-c4ccccc4)c4ccc(N(c5ccc(-c6ccccc6)cc5)c5cccc6c5-c5ccccc5C65c6ccccc6-c6ccccc65)cc4n3c2CC1. The van der Waals surface area contributed by atoms with Crippen LogP contribution in [0.2, 0.25) is 0 Å². The van der Waals surface area contributed by atoms with Gasteiger partial charge in [0.25, 0.3) is 0 Å². The van der Waals surface area contributed by atoms with Gasteiger partial charge in [0.05, 0.1) is 33.5 Å². The van der Waals surface area contributed by atoms with Crippen molar-refractivity contribution < 1.29 is 0 Å². The summed E-state index contributed by atoms with van der Waals surface area (Å²) in [6.07, 6.45) is 6.39. The molecule has 13 rings (SSSR count). The highest BCUT2D eigenvalue weighted by Gasteiger charge is 2.52. The first-order valence-corrected chi connectivity index (χ1v) is 21.0. The van der Waals surface area contributed by atoms with Crippen molar-refractivity contribution in [2.24, 2.45) is 0 Å². The highest BCUT2D eigenvalue weighted by atomic mass is 15.2. The summed E-state index contributed by atoms with van der Waals surface area (Å²) >= 11 is 0. The summed E-state index contributed by atoms with van der Waals surface area (Å²) < 4.78 is 4.73. The van der Waals surface area contributed by atoms with Crippen molar-refractivity contribution in [1.82, 2.24) is 14.0 Å². The molecule has 0 saturated heterocycles. The minimum Gasteiger partial charge on any atom is -0.310 e. The minimum absolute atomic E-state index is 0.440. The molecule has 0 amide bonds. The van der Waals surface area contributed by atoms with Gasteiger partial charge in [-0.05, 0) is 118 Å². The second kappa shape index (κ2) is 12.7. The van der Waals surface area contributed by atoms with Gasteiger partial charge in [0.15, 0.2) is 0 Å². The van der Waals surface area contributed by atoms with E-state index >= 15 is 0 Å². The zero-order valence-corrected chi connectivity index (χ0v) is 32.8. The van der Waals surface area contributed by atoms with Crippen LogP contribution >= 0.6 is 0 Å². The second-order valence-corrected chi connectivity index (χ2v) is 16.2. The molecule has 0 unspecified atom stereocenters. The standard InChI is InChI=1S/C56H38N4/c1-3-16-37(17-4-1)38-30-32-40(33-31-38)58(41-34-35-51-53(36-41)60-50-28-14-13-27-49(50)57-55(60)59(51)39-18-5-2-6-19-39)52-29-15-26-48-54(52)44-22-9-12-25-47(44)56(48)45-23-10-7-20-42(45)43-21-8-11-24-46(43)56/h1-13,15-27,29-36H,14,28H2. The first-order chi connectivity index (χ1) is 29.8. The molecule has 0 atom stereocenters. The van der Waals surface area contributed by atoms with Crippen LogP contribution < -0.4 is 4.90 Å². The number of fused-ring (bicyclic) bond motifs is 15. The van der Waals surface area contributed by atoms with E-state index in [1.165, 1.54) is 61.3 Å². The largest absolute Gasteiger partial charge is 0.310 e. The lowest BCUT2D eigenvalue weighted by Crippen LogP contribution is -2.26. The van der Waals surface area contributed by atoms with Gasteiger partial charge in [-0.3, -0.25) is 8.97 Å². The summed E-state index contributed by atoms with van der Waals surface area (Å²) in [5.74, 6) is 0.943. The van der Waals surface area contributed by atoms with Crippen LogP contribution in [0.4, 0.5) is 17.1 Å². The molecule has 0 radical (unpaired) electrons. The average Bonchev–Trinajstić information content (AvgIpc) is 4.03. The zero-order chi connectivity index (χ0) is 39.4. The van der Waals surface area contributed by atoms with Gasteiger partial charge < -0.3 is 4.90 Å². The first kappa shape index (κ1) is 33.3. The van der Waals surface area contributed by atoms with E-state index in [0.29, 0.717) is 0 Å². The van der Waals surface area contributed by atoms with Gasteiger partial charge in [-0.25, -0.2) is 4.98 Å². The Labute approximate surface area is 348 Å². The van der Waals surface area contributed by atoms with E-state index in [1.807, 2.05) is 0 Å². The molecule has 8 aromatic carbocycles. The molecular weight excluding hydrogens is 729 g/mol. The maximum Gasteiger partial charge on any atom is 0.220 e. The lowest BCUT2D eigenvalue weighted by Gasteiger charge is -2.32. The van der Waals surface area contributed by atoms with E-state index < -0.39 is 5.41 Å². The van der Waals surface area contributed by atoms with E-state index in [9.17, 15) is 0 Å². The fourth-order valence-electron chi connectivity index (χ4n) is 10.8. The molecule has 2 aromatic heterocycles. The molecule has 0 N–H and O–H groups in total. The van der Waals surface area contributed by atoms with Gasteiger partial charge in [-0.15, -0.1) is 0 Å². The second-order valence-electron chi connectivity index (χ2n) is 16.2. The van der Waals surface area contributed by atoms with Gasteiger partial charge >= 0.3 is 0 Å². The van der Waals surface area contributed by atoms with Crippen molar-refractivity contribution in [2.75, 3.05) is 4.90 Å². The fourth-order valence-corrected chi connectivity index (χ4v) is 10.8. The summed E-state index contributed by atoms with van der Waals surface area (Å²) in [4.78, 5) is 7.76. The smallest absolute Gasteiger partial charge is 0.220 e. The van der Waals surface area contributed by atoms with E-state index in [-0.39, 0.29) is 0 Å². The molecule has 10 aromatic rings. The van der Waals surface area contributed by atoms with E-state index in [2.05, 4.69) is 220 Å². The Morgan fingerprint density at radius 1 is 0.500 bits per heavy atom. The Kier molecular flexibility index (Phi) is 7.02. The Balaban J connectivity index is 1.10. The Morgan fingerprint density at radius 2 is 1.10 bits per heavy atom. The Hall–Kier alpha value is -7.69. The highest BCUT2D eigenvalue weighted by Crippen LogP contribution is 2.64. The van der Waals surface area contributed by atoms with Gasteiger partial charge in [-0.1, -0.05) is 152 Å². The quantitative estimate of drug-likeness (QED) is 0.174. The molecule has 0 aliphatic heterocycles. The van der Waals surface area contributed by atoms with Crippen molar-refractivity contribution in [2.45, 2.75) is 18.3 Å². The predicted octanol–water partition coefficient (Wildman–Crippen LogP) is 13.7. The number of aromatic nitrogens is 3. The molecule has 0 fully saturated rings. The number of para-hydroxylation sites is 1. The Bertz CT molecular complexity index is 3320. The third-order valence-electron chi connectivity index (χ3n) is 13.2. The number of allylic oxidation sites excluding steroid dienone is 1. The topological polar surface area (TPSA) is 25.5 Å². The van der Waals surface area contributed by atoms with Crippen molar-refractivity contribution in [3.8, 4) is 39.1 Å². The number of hydrogen-bond acceptors (Lipinski definition) is 2. The van der Waals surface area contributed by atoms with E-state index in [1.54, 1.807) is 0 Å². The van der Waals surface area contributed by atoms with Crippen LogP contribution in [-0.2, 0) is 11.8 Å². The summed E-state index contributed by atoms with van der Waals surface area (Å²) in [5, 5.41) is 0. The zero-order valence-electron chi connectivity index (χ0n) is 32.8. The third kappa shape index (κ3) is 4.48. The highest BCUT2D eigenvalue weighted by molar-refractivity contribution is 6.02. The van der Waals surface area contributed by atoms with E-state index in [4.69, 9.17) is 4.98 Å². The summed E-state index contributed by atoms with van der Waals surface area (Å²) in [6.45, 7) is 0. The van der Waals surface area contributed by atoms with Crippen molar-refractivity contribution in [1.29, 1.82) is 0 Å². The number of aryl methyl sites for hydroxylation is 1. The molecule has 0 saturated carbocycles. The molecular formula is C56H38N4. The molecule has 4 nitrogen and oxygen atoms in total. The van der Waals surface area contributed by atoms with Crippen molar-refractivity contribution >= 4 is 39.9 Å². The molecule has 2 heterocycles. The molecule has 3 aliphatic rings. The van der Waals surface area contributed by atoms with Gasteiger partial charge in [-0.2, -0.15) is 0 Å².